The average molecular weight is 401 g/mol. The number of amides is 1. The Kier molecular flexibility index (Phi) is 5.80. The highest BCUT2D eigenvalue weighted by Crippen LogP contribution is 2.30. The smallest absolute Gasteiger partial charge is 0.255 e. The first-order chi connectivity index (χ1) is 12.9. The second-order valence-corrected chi connectivity index (χ2v) is 7.11. The Bertz CT molecular complexity index is 996. The van der Waals surface area contributed by atoms with Crippen LogP contribution in [0.2, 0.25) is 10.0 Å². The number of rotatable bonds is 4. The zero-order valence-electron chi connectivity index (χ0n) is 14.9. The molecule has 0 saturated heterocycles. The maximum Gasteiger partial charge on any atom is 0.255 e. The van der Waals surface area contributed by atoms with Crippen LogP contribution < -0.4 is 5.32 Å². The number of carbonyl (C=O) groups is 1. The van der Waals surface area contributed by atoms with Gasteiger partial charge in [0.1, 0.15) is 0 Å². The molecule has 0 fully saturated rings. The van der Waals surface area contributed by atoms with Gasteiger partial charge in [0.25, 0.3) is 5.91 Å². The molecule has 0 aliphatic heterocycles. The van der Waals surface area contributed by atoms with Crippen molar-refractivity contribution in [1.82, 2.24) is 4.98 Å². The first-order valence-corrected chi connectivity index (χ1v) is 9.08. The molecule has 1 aromatic heterocycles. The molecule has 0 spiro atoms. The minimum atomic E-state index is -0.250. The van der Waals surface area contributed by atoms with E-state index in [1.807, 2.05) is 26.0 Å². The number of nitrogens with zero attached hydrogens (tertiary/aromatic N) is 1. The highest BCUT2D eigenvalue weighted by Gasteiger charge is 2.13. The molecule has 4 nitrogen and oxygen atoms in total. The van der Waals surface area contributed by atoms with E-state index < -0.39 is 0 Å². The number of aliphatic hydroxyl groups excluding tert-OH is 1. The van der Waals surface area contributed by atoms with Crippen LogP contribution in [0.5, 0.6) is 0 Å². The third-order valence-corrected chi connectivity index (χ3v) is 4.80. The Hall–Kier alpha value is -2.40. The normalized spacial score (nSPS) is 10.7. The van der Waals surface area contributed by atoms with Crippen LogP contribution in [0.15, 0.2) is 48.7 Å². The minimum Gasteiger partial charge on any atom is -0.392 e. The van der Waals surface area contributed by atoms with Crippen LogP contribution in [0, 0.1) is 13.8 Å². The molecule has 138 valence electrons. The van der Waals surface area contributed by atoms with E-state index in [2.05, 4.69) is 10.3 Å². The van der Waals surface area contributed by atoms with E-state index in [0.717, 1.165) is 22.4 Å². The topological polar surface area (TPSA) is 62.2 Å². The molecule has 3 aromatic rings. The van der Waals surface area contributed by atoms with Crippen molar-refractivity contribution in [3.8, 4) is 11.3 Å². The van der Waals surface area contributed by atoms with Gasteiger partial charge in [-0.25, -0.2) is 0 Å². The number of hydrogen-bond acceptors (Lipinski definition) is 3. The summed E-state index contributed by atoms with van der Waals surface area (Å²) in [6.07, 6.45) is 1.57. The van der Waals surface area contributed by atoms with Gasteiger partial charge in [-0.15, -0.1) is 0 Å². The Labute approximate surface area is 167 Å². The molecule has 0 radical (unpaired) electrons. The molecule has 0 bridgehead atoms. The third-order valence-electron chi connectivity index (χ3n) is 4.24. The molecule has 2 aromatic carbocycles. The zero-order valence-corrected chi connectivity index (χ0v) is 16.4. The number of nitrogens with one attached hydrogen (secondary N) is 1. The maximum absolute atomic E-state index is 12.8. The summed E-state index contributed by atoms with van der Waals surface area (Å²) in [5.74, 6) is -0.250. The van der Waals surface area contributed by atoms with Crippen molar-refractivity contribution in [2.45, 2.75) is 20.5 Å². The van der Waals surface area contributed by atoms with Gasteiger partial charge in [-0.2, -0.15) is 0 Å². The van der Waals surface area contributed by atoms with E-state index >= 15 is 0 Å². The summed E-state index contributed by atoms with van der Waals surface area (Å²) in [4.78, 5) is 17.1. The predicted octanol–water partition coefficient (Wildman–Crippen LogP) is 5.42. The fraction of sp³-hybridized carbons (Fsp3) is 0.143. The Morgan fingerprint density at radius 1 is 1.07 bits per heavy atom. The zero-order chi connectivity index (χ0) is 19.6. The first kappa shape index (κ1) is 19.4. The molecule has 1 heterocycles. The van der Waals surface area contributed by atoms with Crippen LogP contribution in [0.25, 0.3) is 11.3 Å². The number of carbonyl (C=O) groups excluding carboxylic acids is 1. The van der Waals surface area contributed by atoms with Gasteiger partial charge < -0.3 is 10.4 Å². The van der Waals surface area contributed by atoms with Gasteiger partial charge in [-0.1, -0.05) is 35.3 Å². The molecule has 1 amide bonds. The Morgan fingerprint density at radius 3 is 2.44 bits per heavy atom. The molecule has 0 unspecified atom stereocenters. The van der Waals surface area contributed by atoms with Gasteiger partial charge in [0, 0.05) is 28.0 Å². The molecule has 3 rings (SSSR count). The van der Waals surface area contributed by atoms with E-state index in [9.17, 15) is 9.90 Å². The van der Waals surface area contributed by atoms with Crippen molar-refractivity contribution in [3.63, 3.8) is 0 Å². The minimum absolute atomic E-state index is 0.0377. The van der Waals surface area contributed by atoms with Crippen molar-refractivity contribution < 1.29 is 9.90 Å². The van der Waals surface area contributed by atoms with E-state index in [4.69, 9.17) is 23.2 Å². The quantitative estimate of drug-likeness (QED) is 0.614. The molecule has 2 N–H and O–H groups in total. The van der Waals surface area contributed by atoms with Crippen LogP contribution in [0.3, 0.4) is 0 Å². The summed E-state index contributed by atoms with van der Waals surface area (Å²) >= 11 is 12.3. The second-order valence-electron chi connectivity index (χ2n) is 6.27. The van der Waals surface area contributed by atoms with Crippen molar-refractivity contribution in [2.75, 3.05) is 5.32 Å². The molecular weight excluding hydrogens is 383 g/mol. The number of aryl methyl sites for hydroxylation is 2. The van der Waals surface area contributed by atoms with E-state index in [0.29, 0.717) is 26.9 Å². The maximum atomic E-state index is 12.8. The van der Waals surface area contributed by atoms with Crippen molar-refractivity contribution in [1.29, 1.82) is 0 Å². The molecule has 0 saturated carbocycles. The SMILES string of the molecule is Cc1cc(CO)cc(C)c1NC(=O)c1ccnc(-c2cc(Cl)ccc2Cl)c1. The largest absolute Gasteiger partial charge is 0.392 e. The lowest BCUT2D eigenvalue weighted by Gasteiger charge is -2.14. The summed E-state index contributed by atoms with van der Waals surface area (Å²) in [5.41, 5.74) is 5.01. The van der Waals surface area contributed by atoms with Gasteiger partial charge in [0.2, 0.25) is 0 Å². The fourth-order valence-corrected chi connectivity index (χ4v) is 3.33. The van der Waals surface area contributed by atoms with Crippen LogP contribution >= 0.6 is 23.2 Å². The number of benzene rings is 2. The van der Waals surface area contributed by atoms with E-state index in [1.165, 1.54) is 0 Å². The highest BCUT2D eigenvalue weighted by atomic mass is 35.5. The summed E-state index contributed by atoms with van der Waals surface area (Å²) in [6, 6.07) is 12.1. The Morgan fingerprint density at radius 2 is 1.78 bits per heavy atom. The summed E-state index contributed by atoms with van der Waals surface area (Å²) in [7, 11) is 0. The fourth-order valence-electron chi connectivity index (χ4n) is 2.94. The number of halogens is 2. The molecule has 27 heavy (non-hydrogen) atoms. The van der Waals surface area contributed by atoms with Crippen molar-refractivity contribution in [2.24, 2.45) is 0 Å². The van der Waals surface area contributed by atoms with Crippen LogP contribution in [0.4, 0.5) is 5.69 Å². The van der Waals surface area contributed by atoms with Gasteiger partial charge in [-0.3, -0.25) is 9.78 Å². The van der Waals surface area contributed by atoms with Gasteiger partial charge in [-0.05, 0) is 60.9 Å². The lowest BCUT2D eigenvalue weighted by Crippen LogP contribution is -2.14. The van der Waals surface area contributed by atoms with Gasteiger partial charge >= 0.3 is 0 Å². The van der Waals surface area contributed by atoms with Crippen LogP contribution in [-0.2, 0) is 6.61 Å². The highest BCUT2D eigenvalue weighted by molar-refractivity contribution is 6.35. The number of pyridine rings is 1. The molecule has 6 heteroatoms. The number of anilines is 1. The lowest BCUT2D eigenvalue weighted by atomic mass is 10.0. The summed E-state index contributed by atoms with van der Waals surface area (Å²) in [5, 5.41) is 13.3. The van der Waals surface area contributed by atoms with Gasteiger partial charge in [0.15, 0.2) is 0 Å². The first-order valence-electron chi connectivity index (χ1n) is 8.33. The molecule has 0 atom stereocenters. The van der Waals surface area contributed by atoms with Crippen molar-refractivity contribution >= 4 is 34.8 Å². The van der Waals surface area contributed by atoms with E-state index in [-0.39, 0.29) is 12.5 Å². The lowest BCUT2D eigenvalue weighted by molar-refractivity contribution is 0.102. The second kappa shape index (κ2) is 8.09. The van der Waals surface area contributed by atoms with Crippen LogP contribution in [0.1, 0.15) is 27.0 Å². The summed E-state index contributed by atoms with van der Waals surface area (Å²) < 4.78 is 0. The summed E-state index contributed by atoms with van der Waals surface area (Å²) in [6.45, 7) is 3.75. The predicted molar refractivity (Wildman–Crippen MR) is 109 cm³/mol. The molecular formula is C21H18Cl2N2O2. The third kappa shape index (κ3) is 4.30. The van der Waals surface area contributed by atoms with Crippen molar-refractivity contribution in [3.05, 3.63) is 81.0 Å². The average Bonchev–Trinajstić information content (AvgIpc) is 2.66. The standard InChI is InChI=1S/C21H18Cl2N2O2/c1-12-7-14(11-26)8-13(2)20(12)25-21(27)15-5-6-24-19(9-15)17-10-16(22)3-4-18(17)23/h3-10,26H,11H2,1-2H3,(H,25,27). The van der Waals surface area contributed by atoms with Gasteiger partial charge in [0.05, 0.1) is 17.3 Å². The van der Waals surface area contributed by atoms with Crippen LogP contribution in [-0.4, -0.2) is 16.0 Å². The van der Waals surface area contributed by atoms with E-state index in [1.54, 1.807) is 36.5 Å². The Balaban J connectivity index is 1.92. The number of hydrogen-bond donors (Lipinski definition) is 2. The number of aromatic nitrogens is 1. The molecule has 0 aliphatic rings. The number of aliphatic hydroxyl groups is 1. The monoisotopic (exact) mass is 400 g/mol. The molecule has 0 aliphatic carbocycles.